The van der Waals surface area contributed by atoms with Gasteiger partial charge in [0, 0.05) is 20.2 Å². The third kappa shape index (κ3) is 2.29. The van der Waals surface area contributed by atoms with Crippen LogP contribution in [0.1, 0.15) is 12.8 Å². The number of hydrogen-bond acceptors (Lipinski definition) is 4. The predicted octanol–water partition coefficient (Wildman–Crippen LogP) is 1.55. The molecule has 6 heteroatoms. The highest BCUT2D eigenvalue weighted by Crippen LogP contribution is 2.24. The Hall–Kier alpha value is -0.430. The third-order valence-electron chi connectivity index (χ3n) is 2.82. The molecule has 16 heavy (non-hydrogen) atoms. The minimum atomic E-state index is -3.25. The van der Waals surface area contributed by atoms with Crippen molar-refractivity contribution in [3.8, 4) is 0 Å². The minimum absolute atomic E-state index is 0.204. The summed E-state index contributed by atoms with van der Waals surface area (Å²) in [5, 5.41) is 1.79. The smallest absolute Gasteiger partial charge is 0.252 e. The summed E-state index contributed by atoms with van der Waals surface area (Å²) in [4.78, 5) is 0. The van der Waals surface area contributed by atoms with E-state index < -0.39 is 10.0 Å². The summed E-state index contributed by atoms with van der Waals surface area (Å²) in [6.45, 7) is 1.11. The summed E-state index contributed by atoms with van der Waals surface area (Å²) in [5.41, 5.74) is 0. The van der Waals surface area contributed by atoms with E-state index >= 15 is 0 Å². The molecule has 0 spiro atoms. The maximum Gasteiger partial charge on any atom is 0.252 e. The van der Waals surface area contributed by atoms with Gasteiger partial charge in [0.05, 0.1) is 6.10 Å². The number of methoxy groups -OCH3 is 1. The lowest BCUT2D eigenvalue weighted by Gasteiger charge is -2.29. The van der Waals surface area contributed by atoms with Crippen LogP contribution in [-0.4, -0.2) is 39.0 Å². The maximum absolute atomic E-state index is 12.1. The van der Waals surface area contributed by atoms with E-state index in [2.05, 4.69) is 0 Å². The second-order valence-electron chi connectivity index (χ2n) is 3.77. The average Bonchev–Trinajstić information content (AvgIpc) is 2.83. The summed E-state index contributed by atoms with van der Waals surface area (Å²) < 4.78 is 31.5. The molecule has 1 saturated heterocycles. The average molecular weight is 261 g/mol. The van der Waals surface area contributed by atoms with E-state index in [1.807, 2.05) is 0 Å². The molecule has 0 N–H and O–H groups in total. The molecular weight excluding hydrogens is 246 g/mol. The Morgan fingerprint density at radius 2 is 2.12 bits per heavy atom. The Morgan fingerprint density at radius 3 is 2.62 bits per heavy atom. The van der Waals surface area contributed by atoms with Crippen molar-refractivity contribution in [1.82, 2.24) is 4.31 Å². The number of nitrogens with zero attached hydrogens (tertiary/aromatic N) is 1. The molecule has 4 nitrogen and oxygen atoms in total. The van der Waals surface area contributed by atoms with E-state index in [0.29, 0.717) is 17.3 Å². The quantitative estimate of drug-likeness (QED) is 0.829. The van der Waals surface area contributed by atoms with Gasteiger partial charge in [0.1, 0.15) is 4.21 Å². The largest absolute Gasteiger partial charge is 0.381 e. The van der Waals surface area contributed by atoms with Crippen molar-refractivity contribution in [2.75, 3.05) is 20.2 Å². The van der Waals surface area contributed by atoms with Crippen LogP contribution in [0.2, 0.25) is 0 Å². The molecule has 1 aliphatic heterocycles. The number of rotatable bonds is 3. The molecule has 2 heterocycles. The van der Waals surface area contributed by atoms with Crippen molar-refractivity contribution in [3.63, 3.8) is 0 Å². The Labute approximate surface area is 99.9 Å². The van der Waals surface area contributed by atoms with Gasteiger partial charge in [0.15, 0.2) is 0 Å². The number of piperidine rings is 1. The molecule has 0 saturated carbocycles. The standard InChI is InChI=1S/C10H15NO3S2/c1-14-9-4-6-11(7-5-9)16(12,13)10-3-2-8-15-10/h2-3,8-9H,4-7H2,1H3. The normalized spacial score (nSPS) is 20.1. The van der Waals surface area contributed by atoms with Gasteiger partial charge in [-0.3, -0.25) is 0 Å². The van der Waals surface area contributed by atoms with Gasteiger partial charge < -0.3 is 4.74 Å². The Bertz CT molecular complexity index is 419. The van der Waals surface area contributed by atoms with Gasteiger partial charge in [-0.2, -0.15) is 4.31 Å². The van der Waals surface area contributed by atoms with Gasteiger partial charge in [-0.1, -0.05) is 6.07 Å². The maximum atomic E-state index is 12.1. The lowest BCUT2D eigenvalue weighted by atomic mass is 10.1. The fourth-order valence-corrected chi connectivity index (χ4v) is 4.46. The summed E-state index contributed by atoms with van der Waals surface area (Å²) in [6.07, 6.45) is 1.76. The third-order valence-corrected chi connectivity index (χ3v) is 6.10. The zero-order chi connectivity index (χ0) is 11.6. The van der Waals surface area contributed by atoms with Gasteiger partial charge in [-0.15, -0.1) is 11.3 Å². The zero-order valence-corrected chi connectivity index (χ0v) is 10.8. The summed E-state index contributed by atoms with van der Waals surface area (Å²) in [5.74, 6) is 0. The van der Waals surface area contributed by atoms with Crippen molar-refractivity contribution >= 4 is 21.4 Å². The van der Waals surface area contributed by atoms with E-state index in [4.69, 9.17) is 4.74 Å². The summed E-state index contributed by atoms with van der Waals surface area (Å²) in [7, 11) is -1.58. The van der Waals surface area contributed by atoms with Crippen LogP contribution in [-0.2, 0) is 14.8 Å². The molecule has 1 aliphatic rings. The lowest BCUT2D eigenvalue weighted by molar-refractivity contribution is 0.0605. The van der Waals surface area contributed by atoms with Crippen molar-refractivity contribution in [2.45, 2.75) is 23.2 Å². The van der Waals surface area contributed by atoms with Gasteiger partial charge >= 0.3 is 0 Å². The molecule has 0 bridgehead atoms. The molecule has 90 valence electrons. The van der Waals surface area contributed by atoms with Gasteiger partial charge in [-0.05, 0) is 24.3 Å². The SMILES string of the molecule is COC1CCN(S(=O)(=O)c2cccs2)CC1. The topological polar surface area (TPSA) is 46.6 Å². The van der Waals surface area contributed by atoms with Crippen LogP contribution in [0.5, 0.6) is 0 Å². The minimum Gasteiger partial charge on any atom is -0.381 e. The van der Waals surface area contributed by atoms with E-state index in [9.17, 15) is 8.42 Å². The highest BCUT2D eigenvalue weighted by atomic mass is 32.2. The molecule has 0 atom stereocenters. The first-order chi connectivity index (χ1) is 7.64. The van der Waals surface area contributed by atoms with E-state index in [-0.39, 0.29) is 6.10 Å². The van der Waals surface area contributed by atoms with Crippen LogP contribution in [0.4, 0.5) is 0 Å². The Kier molecular flexibility index (Phi) is 3.63. The first-order valence-corrected chi connectivity index (χ1v) is 7.53. The van der Waals surface area contributed by atoms with Crippen LogP contribution in [0.3, 0.4) is 0 Å². The van der Waals surface area contributed by atoms with E-state index in [1.54, 1.807) is 28.9 Å². The molecule has 1 aromatic heterocycles. The zero-order valence-electron chi connectivity index (χ0n) is 9.13. The molecule has 0 aromatic carbocycles. The molecule has 0 aliphatic carbocycles. The number of hydrogen-bond donors (Lipinski definition) is 0. The highest BCUT2D eigenvalue weighted by molar-refractivity contribution is 7.91. The van der Waals surface area contributed by atoms with Crippen molar-refractivity contribution < 1.29 is 13.2 Å². The van der Waals surface area contributed by atoms with Crippen LogP contribution in [0, 0.1) is 0 Å². The molecule has 0 radical (unpaired) electrons. The molecular formula is C10H15NO3S2. The fraction of sp³-hybridized carbons (Fsp3) is 0.600. The van der Waals surface area contributed by atoms with Crippen LogP contribution in [0.25, 0.3) is 0 Å². The Balaban J connectivity index is 2.09. The van der Waals surface area contributed by atoms with Crippen LogP contribution in [0.15, 0.2) is 21.7 Å². The Morgan fingerprint density at radius 1 is 1.44 bits per heavy atom. The molecule has 1 fully saturated rings. The highest BCUT2D eigenvalue weighted by Gasteiger charge is 2.29. The van der Waals surface area contributed by atoms with Gasteiger partial charge in [-0.25, -0.2) is 8.42 Å². The second kappa shape index (κ2) is 4.83. The van der Waals surface area contributed by atoms with Gasteiger partial charge in [0.25, 0.3) is 10.0 Å². The lowest BCUT2D eigenvalue weighted by Crippen LogP contribution is -2.40. The second-order valence-corrected chi connectivity index (χ2v) is 6.88. The van der Waals surface area contributed by atoms with Gasteiger partial charge in [0.2, 0.25) is 0 Å². The van der Waals surface area contributed by atoms with Crippen LogP contribution < -0.4 is 0 Å². The fourth-order valence-electron chi connectivity index (χ4n) is 1.85. The van der Waals surface area contributed by atoms with E-state index in [1.165, 1.54) is 11.3 Å². The van der Waals surface area contributed by atoms with E-state index in [0.717, 1.165) is 12.8 Å². The first-order valence-electron chi connectivity index (χ1n) is 5.21. The number of thiophene rings is 1. The molecule has 0 unspecified atom stereocenters. The van der Waals surface area contributed by atoms with Crippen LogP contribution >= 0.6 is 11.3 Å². The predicted molar refractivity (Wildman–Crippen MR) is 63.1 cm³/mol. The summed E-state index contributed by atoms with van der Waals surface area (Å²) >= 11 is 1.27. The first kappa shape index (κ1) is 12.0. The van der Waals surface area contributed by atoms with Crippen molar-refractivity contribution in [1.29, 1.82) is 0 Å². The van der Waals surface area contributed by atoms with Crippen molar-refractivity contribution in [2.24, 2.45) is 0 Å². The number of sulfonamides is 1. The molecule has 2 rings (SSSR count). The summed E-state index contributed by atoms with van der Waals surface area (Å²) in [6, 6.07) is 3.42. The molecule has 1 aromatic rings. The monoisotopic (exact) mass is 261 g/mol. The van der Waals surface area contributed by atoms with Crippen molar-refractivity contribution in [3.05, 3.63) is 17.5 Å². The number of ether oxygens (including phenoxy) is 1. The molecule has 0 amide bonds.